The van der Waals surface area contributed by atoms with Crippen LogP contribution in [-0.4, -0.2) is 16.4 Å². The zero-order valence-corrected chi connectivity index (χ0v) is 11.1. The number of halogens is 1. The van der Waals surface area contributed by atoms with Gasteiger partial charge in [-0.2, -0.15) is 0 Å². The Labute approximate surface area is 110 Å². The number of rotatable bonds is 5. The summed E-state index contributed by atoms with van der Waals surface area (Å²) in [6, 6.07) is 6.71. The van der Waals surface area contributed by atoms with Gasteiger partial charge in [0.2, 0.25) is 0 Å². The van der Waals surface area contributed by atoms with Crippen molar-refractivity contribution in [3.05, 3.63) is 46.7 Å². The van der Waals surface area contributed by atoms with Gasteiger partial charge < -0.3 is 5.73 Å². The van der Waals surface area contributed by atoms with Gasteiger partial charge in [0.1, 0.15) is 5.82 Å². The molecule has 0 saturated carbocycles. The van der Waals surface area contributed by atoms with Crippen LogP contribution in [0.5, 0.6) is 0 Å². The lowest BCUT2D eigenvalue weighted by Gasteiger charge is -2.19. The lowest BCUT2D eigenvalue weighted by atomic mass is 10.2. The number of benzene rings is 1. The van der Waals surface area contributed by atoms with Crippen LogP contribution in [-0.2, 0) is 13.1 Å². The van der Waals surface area contributed by atoms with Gasteiger partial charge in [-0.05, 0) is 24.2 Å². The maximum atomic E-state index is 13.1. The quantitative estimate of drug-likeness (QED) is 0.904. The fourth-order valence-corrected chi connectivity index (χ4v) is 2.52. The Hall–Kier alpha value is -1.46. The first-order valence-corrected chi connectivity index (χ1v) is 6.66. The first-order valence-electron chi connectivity index (χ1n) is 5.84. The zero-order valence-electron chi connectivity index (χ0n) is 10.3. The first kappa shape index (κ1) is 13.0. The molecular weight excluding hydrogens is 249 g/mol. The standard InChI is InChI=1S/C13H16FN3S/c1-2-17(9-12-7-16-13(15)18-12)8-10-4-3-5-11(14)6-10/h3-7H,2,8-9H2,1H3,(H2,15,16). The Morgan fingerprint density at radius 2 is 2.22 bits per heavy atom. The normalized spacial score (nSPS) is 11.1. The third-order valence-corrected chi connectivity index (χ3v) is 3.50. The van der Waals surface area contributed by atoms with Crippen LogP contribution >= 0.6 is 11.3 Å². The summed E-state index contributed by atoms with van der Waals surface area (Å²) < 4.78 is 13.1. The van der Waals surface area contributed by atoms with Gasteiger partial charge in [0, 0.05) is 24.2 Å². The van der Waals surface area contributed by atoms with Gasteiger partial charge in [-0.3, -0.25) is 4.90 Å². The van der Waals surface area contributed by atoms with Crippen molar-refractivity contribution < 1.29 is 4.39 Å². The second-order valence-electron chi connectivity index (χ2n) is 4.10. The molecule has 1 heterocycles. The van der Waals surface area contributed by atoms with Crippen LogP contribution in [0.15, 0.2) is 30.5 Å². The predicted octanol–water partition coefficient (Wildman–Crippen LogP) is 2.89. The van der Waals surface area contributed by atoms with Crippen molar-refractivity contribution in [3.8, 4) is 0 Å². The van der Waals surface area contributed by atoms with Crippen molar-refractivity contribution in [2.75, 3.05) is 12.3 Å². The molecule has 0 saturated heterocycles. The van der Waals surface area contributed by atoms with Crippen LogP contribution in [0.3, 0.4) is 0 Å². The maximum absolute atomic E-state index is 13.1. The zero-order chi connectivity index (χ0) is 13.0. The molecule has 3 nitrogen and oxygen atoms in total. The van der Waals surface area contributed by atoms with Crippen molar-refractivity contribution in [2.24, 2.45) is 0 Å². The number of hydrogen-bond donors (Lipinski definition) is 1. The summed E-state index contributed by atoms with van der Waals surface area (Å²) in [6.45, 7) is 4.51. The second kappa shape index (κ2) is 5.93. The highest BCUT2D eigenvalue weighted by Crippen LogP contribution is 2.18. The Bertz CT molecular complexity index is 512. The molecule has 2 N–H and O–H groups in total. The molecule has 0 amide bonds. The number of aromatic nitrogens is 1. The molecule has 2 rings (SSSR count). The highest BCUT2D eigenvalue weighted by Gasteiger charge is 2.07. The highest BCUT2D eigenvalue weighted by atomic mass is 32.1. The maximum Gasteiger partial charge on any atom is 0.180 e. The Morgan fingerprint density at radius 1 is 1.39 bits per heavy atom. The molecule has 1 aromatic heterocycles. The van der Waals surface area contributed by atoms with E-state index in [0.717, 1.165) is 30.1 Å². The third kappa shape index (κ3) is 3.51. The van der Waals surface area contributed by atoms with E-state index in [9.17, 15) is 4.39 Å². The van der Waals surface area contributed by atoms with Crippen molar-refractivity contribution in [2.45, 2.75) is 20.0 Å². The van der Waals surface area contributed by atoms with E-state index in [4.69, 9.17) is 5.73 Å². The molecule has 0 bridgehead atoms. The van der Waals surface area contributed by atoms with E-state index in [1.54, 1.807) is 18.3 Å². The molecule has 0 radical (unpaired) electrons. The van der Waals surface area contributed by atoms with Crippen LogP contribution in [0.1, 0.15) is 17.4 Å². The first-order chi connectivity index (χ1) is 8.67. The van der Waals surface area contributed by atoms with E-state index in [0.29, 0.717) is 5.13 Å². The molecular formula is C13H16FN3S. The van der Waals surface area contributed by atoms with Crippen LogP contribution in [0, 0.1) is 5.82 Å². The number of nitrogens with zero attached hydrogens (tertiary/aromatic N) is 2. The van der Waals surface area contributed by atoms with Crippen LogP contribution in [0.2, 0.25) is 0 Å². The monoisotopic (exact) mass is 265 g/mol. The van der Waals surface area contributed by atoms with Gasteiger partial charge in [-0.1, -0.05) is 19.1 Å². The fourth-order valence-electron chi connectivity index (χ4n) is 1.79. The molecule has 0 atom stereocenters. The van der Waals surface area contributed by atoms with Gasteiger partial charge >= 0.3 is 0 Å². The average molecular weight is 265 g/mol. The van der Waals surface area contributed by atoms with Crippen LogP contribution in [0.4, 0.5) is 9.52 Å². The highest BCUT2D eigenvalue weighted by molar-refractivity contribution is 7.15. The van der Waals surface area contributed by atoms with E-state index in [1.807, 2.05) is 6.07 Å². The van der Waals surface area contributed by atoms with Crippen LogP contribution in [0.25, 0.3) is 0 Å². The van der Waals surface area contributed by atoms with Crippen LogP contribution < -0.4 is 5.73 Å². The van der Waals surface area contributed by atoms with E-state index in [1.165, 1.54) is 17.4 Å². The summed E-state index contributed by atoms with van der Waals surface area (Å²) >= 11 is 1.50. The molecule has 0 spiro atoms. The molecule has 0 aliphatic heterocycles. The summed E-state index contributed by atoms with van der Waals surface area (Å²) in [5.41, 5.74) is 6.59. The van der Waals surface area contributed by atoms with Crippen molar-refractivity contribution in [1.82, 2.24) is 9.88 Å². The van der Waals surface area contributed by atoms with Gasteiger partial charge in [-0.25, -0.2) is 9.37 Å². The van der Waals surface area contributed by atoms with Crippen molar-refractivity contribution >= 4 is 16.5 Å². The Kier molecular flexibility index (Phi) is 4.28. The topological polar surface area (TPSA) is 42.2 Å². The van der Waals surface area contributed by atoms with E-state index in [-0.39, 0.29) is 5.82 Å². The number of nitrogens with two attached hydrogens (primary N) is 1. The molecule has 2 aromatic rings. The molecule has 5 heteroatoms. The average Bonchev–Trinajstić information content (AvgIpc) is 2.74. The molecule has 0 unspecified atom stereocenters. The number of anilines is 1. The van der Waals surface area contributed by atoms with Crippen molar-refractivity contribution in [1.29, 1.82) is 0 Å². The van der Waals surface area contributed by atoms with Crippen molar-refractivity contribution in [3.63, 3.8) is 0 Å². The molecule has 0 fully saturated rings. The molecule has 0 aliphatic rings. The van der Waals surface area contributed by atoms with E-state index in [2.05, 4.69) is 16.8 Å². The van der Waals surface area contributed by atoms with Gasteiger partial charge in [0.15, 0.2) is 5.13 Å². The molecule has 18 heavy (non-hydrogen) atoms. The lowest BCUT2D eigenvalue weighted by Crippen LogP contribution is -2.21. The largest absolute Gasteiger partial charge is 0.375 e. The summed E-state index contributed by atoms with van der Waals surface area (Å²) in [4.78, 5) is 7.39. The lowest BCUT2D eigenvalue weighted by molar-refractivity contribution is 0.273. The predicted molar refractivity (Wildman–Crippen MR) is 72.7 cm³/mol. The minimum Gasteiger partial charge on any atom is -0.375 e. The summed E-state index contributed by atoms with van der Waals surface area (Å²) in [6.07, 6.45) is 1.80. The molecule has 96 valence electrons. The number of nitrogen functional groups attached to an aromatic ring is 1. The smallest absolute Gasteiger partial charge is 0.180 e. The molecule has 1 aromatic carbocycles. The number of hydrogen-bond acceptors (Lipinski definition) is 4. The van der Waals surface area contributed by atoms with Gasteiger partial charge in [-0.15, -0.1) is 11.3 Å². The minimum atomic E-state index is -0.189. The van der Waals surface area contributed by atoms with Gasteiger partial charge in [0.25, 0.3) is 0 Å². The molecule has 0 aliphatic carbocycles. The third-order valence-electron chi connectivity index (χ3n) is 2.69. The van der Waals surface area contributed by atoms with E-state index >= 15 is 0 Å². The number of thiazole rings is 1. The van der Waals surface area contributed by atoms with Gasteiger partial charge in [0.05, 0.1) is 0 Å². The fraction of sp³-hybridized carbons (Fsp3) is 0.308. The summed E-state index contributed by atoms with van der Waals surface area (Å²) in [5.74, 6) is -0.189. The minimum absolute atomic E-state index is 0.189. The summed E-state index contributed by atoms with van der Waals surface area (Å²) in [5, 5.41) is 0.590. The second-order valence-corrected chi connectivity index (χ2v) is 5.24. The van der Waals surface area contributed by atoms with E-state index < -0.39 is 0 Å². The summed E-state index contributed by atoms with van der Waals surface area (Å²) in [7, 11) is 0. The Balaban J connectivity index is 2.01. The Morgan fingerprint density at radius 3 is 2.83 bits per heavy atom. The SMILES string of the molecule is CCN(Cc1cccc(F)c1)Cc1cnc(N)s1.